The minimum absolute atomic E-state index is 0.0436. The molecule has 0 bridgehead atoms. The largest absolute Gasteiger partial charge is 0.324 e. The Balaban J connectivity index is 2.12. The standard InChI is InChI=1S/C15H13Cl2NO3S/c1-10-2-7-14(13(17)8-10)18-15(19)9-22(20,21)12-5-3-11(16)4-6-12/h2-8H,9H2,1H3,(H,18,19). The van der Waals surface area contributed by atoms with Crippen molar-refractivity contribution in [3.63, 3.8) is 0 Å². The zero-order chi connectivity index (χ0) is 16.3. The van der Waals surface area contributed by atoms with Gasteiger partial charge in [-0.2, -0.15) is 0 Å². The summed E-state index contributed by atoms with van der Waals surface area (Å²) < 4.78 is 24.3. The zero-order valence-electron chi connectivity index (χ0n) is 11.6. The van der Waals surface area contributed by atoms with Crippen LogP contribution < -0.4 is 5.32 Å². The summed E-state index contributed by atoms with van der Waals surface area (Å²) in [4.78, 5) is 12.0. The van der Waals surface area contributed by atoms with E-state index in [4.69, 9.17) is 23.2 Å². The van der Waals surface area contributed by atoms with Gasteiger partial charge in [-0.3, -0.25) is 4.79 Å². The molecule has 2 aromatic carbocycles. The van der Waals surface area contributed by atoms with E-state index in [0.717, 1.165) is 5.56 Å². The minimum atomic E-state index is -3.73. The number of rotatable bonds is 4. The van der Waals surface area contributed by atoms with Gasteiger partial charge in [-0.25, -0.2) is 8.42 Å². The van der Waals surface area contributed by atoms with Crippen molar-refractivity contribution in [1.82, 2.24) is 0 Å². The van der Waals surface area contributed by atoms with E-state index in [1.54, 1.807) is 18.2 Å². The predicted molar refractivity (Wildman–Crippen MR) is 88.3 cm³/mol. The molecule has 0 atom stereocenters. The molecular weight excluding hydrogens is 345 g/mol. The molecule has 0 saturated carbocycles. The molecule has 0 unspecified atom stereocenters. The van der Waals surface area contributed by atoms with Crippen molar-refractivity contribution in [3.8, 4) is 0 Å². The highest BCUT2D eigenvalue weighted by Gasteiger charge is 2.19. The van der Waals surface area contributed by atoms with Gasteiger partial charge < -0.3 is 5.32 Å². The van der Waals surface area contributed by atoms with Gasteiger partial charge in [0.05, 0.1) is 15.6 Å². The van der Waals surface area contributed by atoms with Crippen LogP contribution in [0.1, 0.15) is 5.56 Å². The lowest BCUT2D eigenvalue weighted by atomic mass is 10.2. The maximum atomic E-state index is 12.1. The fourth-order valence-electron chi connectivity index (χ4n) is 1.81. The first kappa shape index (κ1) is 16.8. The SMILES string of the molecule is Cc1ccc(NC(=O)CS(=O)(=O)c2ccc(Cl)cc2)c(Cl)c1. The second-order valence-electron chi connectivity index (χ2n) is 4.74. The molecule has 0 heterocycles. The van der Waals surface area contributed by atoms with Gasteiger partial charge in [-0.15, -0.1) is 0 Å². The molecule has 22 heavy (non-hydrogen) atoms. The van der Waals surface area contributed by atoms with Crippen molar-refractivity contribution in [3.05, 3.63) is 58.1 Å². The first-order chi connectivity index (χ1) is 10.3. The van der Waals surface area contributed by atoms with Gasteiger partial charge >= 0.3 is 0 Å². The van der Waals surface area contributed by atoms with E-state index in [0.29, 0.717) is 15.7 Å². The Morgan fingerprint density at radius 3 is 2.32 bits per heavy atom. The quantitative estimate of drug-likeness (QED) is 0.906. The molecule has 0 aliphatic carbocycles. The number of nitrogens with one attached hydrogen (secondary N) is 1. The molecule has 1 amide bonds. The number of benzene rings is 2. The van der Waals surface area contributed by atoms with Crippen molar-refractivity contribution in [2.75, 3.05) is 11.1 Å². The molecule has 2 rings (SSSR count). The number of amides is 1. The van der Waals surface area contributed by atoms with Crippen LogP contribution in [0.3, 0.4) is 0 Å². The Hall–Kier alpha value is -1.56. The van der Waals surface area contributed by atoms with Crippen LogP contribution in [0.2, 0.25) is 10.0 Å². The Labute approximate surface area is 139 Å². The first-order valence-corrected chi connectivity index (χ1v) is 8.73. The molecule has 0 aliphatic heterocycles. The van der Waals surface area contributed by atoms with Crippen LogP contribution in [-0.4, -0.2) is 20.1 Å². The summed E-state index contributed by atoms with van der Waals surface area (Å²) in [6.45, 7) is 1.86. The van der Waals surface area contributed by atoms with Crippen molar-refractivity contribution in [1.29, 1.82) is 0 Å². The van der Waals surface area contributed by atoms with Crippen LogP contribution in [-0.2, 0) is 14.6 Å². The lowest BCUT2D eigenvalue weighted by Crippen LogP contribution is -2.23. The van der Waals surface area contributed by atoms with Crippen molar-refractivity contribution >= 4 is 44.6 Å². The number of halogens is 2. The third kappa shape index (κ3) is 4.22. The van der Waals surface area contributed by atoms with Crippen molar-refractivity contribution < 1.29 is 13.2 Å². The summed E-state index contributed by atoms with van der Waals surface area (Å²) in [7, 11) is -3.73. The molecule has 116 valence electrons. The van der Waals surface area contributed by atoms with E-state index >= 15 is 0 Å². The maximum Gasteiger partial charge on any atom is 0.240 e. The van der Waals surface area contributed by atoms with Gasteiger partial charge in [0, 0.05) is 5.02 Å². The molecule has 4 nitrogen and oxygen atoms in total. The first-order valence-electron chi connectivity index (χ1n) is 6.32. The number of aryl methyl sites for hydroxylation is 1. The average molecular weight is 358 g/mol. The van der Waals surface area contributed by atoms with Crippen LogP contribution in [0.25, 0.3) is 0 Å². The predicted octanol–water partition coefficient (Wildman–Crippen LogP) is 3.71. The number of carbonyl (C=O) groups excluding carboxylic acids is 1. The summed E-state index contributed by atoms with van der Waals surface area (Å²) in [5, 5.41) is 3.28. The van der Waals surface area contributed by atoms with Gasteiger partial charge in [0.1, 0.15) is 5.75 Å². The second kappa shape index (κ2) is 6.69. The Kier molecular flexibility index (Phi) is 5.11. The second-order valence-corrected chi connectivity index (χ2v) is 7.58. The minimum Gasteiger partial charge on any atom is -0.324 e. The Morgan fingerprint density at radius 1 is 1.09 bits per heavy atom. The summed E-state index contributed by atoms with van der Waals surface area (Å²) in [5.74, 6) is -1.32. The van der Waals surface area contributed by atoms with E-state index in [1.807, 2.05) is 6.92 Å². The molecule has 7 heteroatoms. The van der Waals surface area contributed by atoms with Gasteiger partial charge in [0.15, 0.2) is 9.84 Å². The van der Waals surface area contributed by atoms with E-state index in [9.17, 15) is 13.2 Å². The molecule has 2 aromatic rings. The highest BCUT2D eigenvalue weighted by molar-refractivity contribution is 7.92. The van der Waals surface area contributed by atoms with Crippen molar-refractivity contribution in [2.45, 2.75) is 11.8 Å². The van der Waals surface area contributed by atoms with Gasteiger partial charge in [0.25, 0.3) is 0 Å². The Bertz CT molecular complexity index is 802. The zero-order valence-corrected chi connectivity index (χ0v) is 14.0. The summed E-state index contributed by atoms with van der Waals surface area (Å²) in [6, 6.07) is 10.7. The number of hydrogen-bond acceptors (Lipinski definition) is 3. The van der Waals surface area contributed by atoms with Crippen LogP contribution in [0, 0.1) is 6.92 Å². The molecule has 0 radical (unpaired) electrons. The van der Waals surface area contributed by atoms with E-state index in [1.165, 1.54) is 24.3 Å². The average Bonchev–Trinajstić information content (AvgIpc) is 2.42. The number of hydrogen-bond donors (Lipinski definition) is 1. The maximum absolute atomic E-state index is 12.1. The smallest absolute Gasteiger partial charge is 0.240 e. The summed E-state index contributed by atoms with van der Waals surface area (Å²) >= 11 is 11.7. The molecule has 0 aromatic heterocycles. The summed E-state index contributed by atoms with van der Waals surface area (Å²) in [6.07, 6.45) is 0. The van der Waals surface area contributed by atoms with E-state index < -0.39 is 21.5 Å². The Morgan fingerprint density at radius 2 is 1.73 bits per heavy atom. The molecule has 0 spiro atoms. The normalized spacial score (nSPS) is 11.2. The van der Waals surface area contributed by atoms with Gasteiger partial charge in [0.2, 0.25) is 5.91 Å². The number of carbonyl (C=O) groups is 1. The lowest BCUT2D eigenvalue weighted by Gasteiger charge is -2.08. The van der Waals surface area contributed by atoms with E-state index in [-0.39, 0.29) is 4.90 Å². The van der Waals surface area contributed by atoms with Gasteiger partial charge in [-0.1, -0.05) is 29.3 Å². The number of anilines is 1. The van der Waals surface area contributed by atoms with Crippen molar-refractivity contribution in [2.24, 2.45) is 0 Å². The van der Waals surface area contributed by atoms with E-state index in [2.05, 4.69) is 5.32 Å². The third-order valence-corrected chi connectivity index (χ3v) is 5.09. The molecule has 0 aliphatic rings. The topological polar surface area (TPSA) is 63.2 Å². The fraction of sp³-hybridized carbons (Fsp3) is 0.133. The van der Waals surface area contributed by atoms with Crippen LogP contribution >= 0.6 is 23.2 Å². The van der Waals surface area contributed by atoms with Gasteiger partial charge in [-0.05, 0) is 48.9 Å². The highest BCUT2D eigenvalue weighted by Crippen LogP contribution is 2.23. The number of sulfone groups is 1. The van der Waals surface area contributed by atoms with Crippen LogP contribution in [0.5, 0.6) is 0 Å². The summed E-state index contributed by atoms with van der Waals surface area (Å²) in [5.41, 5.74) is 1.32. The fourth-order valence-corrected chi connectivity index (χ4v) is 3.35. The van der Waals surface area contributed by atoms with Crippen LogP contribution in [0.4, 0.5) is 5.69 Å². The molecule has 1 N–H and O–H groups in total. The highest BCUT2D eigenvalue weighted by atomic mass is 35.5. The monoisotopic (exact) mass is 357 g/mol. The lowest BCUT2D eigenvalue weighted by molar-refractivity contribution is -0.113. The molecule has 0 saturated heterocycles. The molecular formula is C15H13Cl2NO3S. The molecule has 0 fully saturated rings. The third-order valence-electron chi connectivity index (χ3n) is 2.89. The van der Waals surface area contributed by atoms with Crippen LogP contribution in [0.15, 0.2) is 47.4 Å².